The molecule has 2 heterocycles. The summed E-state index contributed by atoms with van der Waals surface area (Å²) in [5.41, 5.74) is -0.237. The van der Waals surface area contributed by atoms with E-state index in [9.17, 15) is 23.7 Å². The standard InChI is InChI=1S/C14H11FN4O5/c1-2-24-14(22)10-9-11(19(16-10)17-23)13(21)18(12(9)20)8-5-3-7(15)4-6-8/h3-6,9,11H,2H2,1H3/t9-,11+/m0/s1. The summed E-state index contributed by atoms with van der Waals surface area (Å²) in [4.78, 5) is 48.8. The monoisotopic (exact) mass is 334 g/mol. The van der Waals surface area contributed by atoms with E-state index in [0.29, 0.717) is 5.12 Å². The number of benzene rings is 1. The SMILES string of the molecule is CCOC(=O)C1=NN(N=O)[C@H]2C(=O)N(c3ccc(F)cc3)C(=O)[C@@H]12. The van der Waals surface area contributed by atoms with Crippen LogP contribution in [0.2, 0.25) is 0 Å². The van der Waals surface area contributed by atoms with Crippen LogP contribution in [0, 0.1) is 16.6 Å². The van der Waals surface area contributed by atoms with Crippen molar-refractivity contribution in [1.29, 1.82) is 0 Å². The number of hydrogen-bond acceptors (Lipinski definition) is 7. The maximum Gasteiger partial charge on any atom is 0.355 e. The summed E-state index contributed by atoms with van der Waals surface area (Å²) >= 11 is 0. The van der Waals surface area contributed by atoms with E-state index in [1.165, 1.54) is 12.1 Å². The summed E-state index contributed by atoms with van der Waals surface area (Å²) < 4.78 is 17.8. The number of fused-ring (bicyclic) bond motifs is 1. The number of rotatable bonds is 4. The number of hydrazone groups is 1. The molecule has 2 atom stereocenters. The molecule has 24 heavy (non-hydrogen) atoms. The van der Waals surface area contributed by atoms with Crippen molar-refractivity contribution in [3.63, 3.8) is 0 Å². The molecule has 0 aromatic heterocycles. The van der Waals surface area contributed by atoms with E-state index in [1.807, 2.05) is 0 Å². The molecule has 124 valence electrons. The van der Waals surface area contributed by atoms with Crippen molar-refractivity contribution in [3.05, 3.63) is 35.0 Å². The molecule has 2 aliphatic heterocycles. The summed E-state index contributed by atoms with van der Waals surface area (Å²) in [6, 6.07) is 3.30. The van der Waals surface area contributed by atoms with Crippen molar-refractivity contribution in [2.45, 2.75) is 13.0 Å². The van der Waals surface area contributed by atoms with Gasteiger partial charge in [0, 0.05) is 0 Å². The van der Waals surface area contributed by atoms with Crippen LogP contribution in [0.3, 0.4) is 0 Å². The maximum atomic E-state index is 13.0. The Morgan fingerprint density at radius 1 is 1.29 bits per heavy atom. The van der Waals surface area contributed by atoms with Crippen molar-refractivity contribution >= 4 is 29.2 Å². The summed E-state index contributed by atoms with van der Waals surface area (Å²) in [6.07, 6.45) is 0. The fourth-order valence-corrected chi connectivity index (χ4v) is 2.68. The first-order valence-electron chi connectivity index (χ1n) is 7.01. The van der Waals surface area contributed by atoms with Gasteiger partial charge in [-0.2, -0.15) is 0 Å². The molecule has 0 aliphatic carbocycles. The zero-order valence-corrected chi connectivity index (χ0v) is 12.4. The van der Waals surface area contributed by atoms with E-state index in [4.69, 9.17) is 4.74 Å². The second-order valence-corrected chi connectivity index (χ2v) is 5.02. The van der Waals surface area contributed by atoms with Gasteiger partial charge in [-0.25, -0.2) is 14.1 Å². The quantitative estimate of drug-likeness (QED) is 0.453. The van der Waals surface area contributed by atoms with Gasteiger partial charge in [-0.1, -0.05) is 0 Å². The molecule has 0 bridgehead atoms. The van der Waals surface area contributed by atoms with E-state index in [2.05, 4.69) is 10.4 Å². The second-order valence-electron chi connectivity index (χ2n) is 5.02. The number of anilines is 1. The van der Waals surface area contributed by atoms with Crippen molar-refractivity contribution in [3.8, 4) is 0 Å². The fraction of sp³-hybridized carbons (Fsp3) is 0.286. The topological polar surface area (TPSA) is 109 Å². The van der Waals surface area contributed by atoms with Gasteiger partial charge in [0.05, 0.1) is 17.6 Å². The molecule has 0 spiro atoms. The summed E-state index contributed by atoms with van der Waals surface area (Å²) in [5, 5.41) is 6.69. The van der Waals surface area contributed by atoms with Crippen molar-refractivity contribution in [2.75, 3.05) is 11.5 Å². The Balaban J connectivity index is 2.00. The van der Waals surface area contributed by atoms with Crippen molar-refractivity contribution in [1.82, 2.24) is 5.12 Å². The molecule has 3 rings (SSSR count). The molecule has 9 nitrogen and oxygen atoms in total. The molecule has 0 saturated carbocycles. The van der Waals surface area contributed by atoms with Crippen LogP contribution in [0.5, 0.6) is 0 Å². The number of carbonyl (C=O) groups excluding carboxylic acids is 3. The van der Waals surface area contributed by atoms with Gasteiger partial charge in [0.2, 0.25) is 5.91 Å². The van der Waals surface area contributed by atoms with E-state index in [-0.39, 0.29) is 18.0 Å². The highest BCUT2D eigenvalue weighted by atomic mass is 19.1. The maximum absolute atomic E-state index is 13.0. The minimum atomic E-state index is -1.35. The largest absolute Gasteiger partial charge is 0.461 e. The number of amides is 2. The number of hydrogen-bond donors (Lipinski definition) is 0. The zero-order valence-electron chi connectivity index (χ0n) is 12.4. The van der Waals surface area contributed by atoms with E-state index in [0.717, 1.165) is 17.0 Å². The van der Waals surface area contributed by atoms with Crippen molar-refractivity contribution < 1.29 is 23.5 Å². The lowest BCUT2D eigenvalue weighted by atomic mass is 9.98. The zero-order chi connectivity index (χ0) is 17.4. The molecule has 2 aliphatic rings. The smallest absolute Gasteiger partial charge is 0.355 e. The first-order chi connectivity index (χ1) is 11.5. The lowest BCUT2D eigenvalue weighted by Gasteiger charge is -2.16. The molecule has 2 amide bonds. The lowest BCUT2D eigenvalue weighted by Crippen LogP contribution is -2.36. The van der Waals surface area contributed by atoms with Crippen LogP contribution in [0.15, 0.2) is 34.7 Å². The predicted octanol–water partition coefficient (Wildman–Crippen LogP) is 0.600. The van der Waals surface area contributed by atoms with Gasteiger partial charge >= 0.3 is 5.97 Å². The summed E-state index contributed by atoms with van der Waals surface area (Å²) in [7, 11) is 0. The Morgan fingerprint density at radius 2 is 1.96 bits per heavy atom. The Morgan fingerprint density at radius 3 is 2.54 bits per heavy atom. The van der Waals surface area contributed by atoms with E-state index in [1.54, 1.807) is 6.92 Å². The molecular weight excluding hydrogens is 323 g/mol. The van der Waals surface area contributed by atoms with Gasteiger partial charge in [0.15, 0.2) is 11.8 Å². The molecule has 1 aromatic carbocycles. The predicted molar refractivity (Wildman–Crippen MR) is 77.9 cm³/mol. The van der Waals surface area contributed by atoms with Gasteiger partial charge in [0.1, 0.15) is 11.7 Å². The Hall–Kier alpha value is -3.17. The summed E-state index contributed by atoms with van der Waals surface area (Å²) in [5.74, 6) is -4.27. The lowest BCUT2D eigenvalue weighted by molar-refractivity contribution is -0.136. The Kier molecular flexibility index (Phi) is 3.80. The van der Waals surface area contributed by atoms with Crippen LogP contribution in [-0.2, 0) is 19.1 Å². The fourth-order valence-electron chi connectivity index (χ4n) is 2.68. The minimum Gasteiger partial charge on any atom is -0.461 e. The van der Waals surface area contributed by atoms with Crippen LogP contribution >= 0.6 is 0 Å². The molecule has 0 unspecified atom stereocenters. The molecule has 10 heteroatoms. The number of nitroso groups, excluding NO2 is 1. The highest BCUT2D eigenvalue weighted by molar-refractivity contribution is 6.46. The first-order valence-corrected chi connectivity index (χ1v) is 7.01. The number of halogens is 1. The van der Waals surface area contributed by atoms with Crippen molar-refractivity contribution in [2.24, 2.45) is 16.3 Å². The molecule has 1 fully saturated rings. The highest BCUT2D eigenvalue weighted by Gasteiger charge is 2.59. The average molecular weight is 334 g/mol. The van der Waals surface area contributed by atoms with Crippen LogP contribution in [0.4, 0.5) is 10.1 Å². The van der Waals surface area contributed by atoms with Crippen LogP contribution < -0.4 is 4.90 Å². The third kappa shape index (κ3) is 2.23. The molecule has 0 N–H and O–H groups in total. The third-order valence-electron chi connectivity index (χ3n) is 3.68. The summed E-state index contributed by atoms with van der Waals surface area (Å²) in [6.45, 7) is 1.60. The number of imide groups is 1. The Bertz CT molecular complexity index is 763. The molecular formula is C14H11FN4O5. The van der Waals surface area contributed by atoms with E-state index < -0.39 is 35.6 Å². The number of nitrogens with zero attached hydrogens (tertiary/aromatic N) is 4. The van der Waals surface area contributed by atoms with Gasteiger partial charge in [0.25, 0.3) is 5.91 Å². The van der Waals surface area contributed by atoms with Gasteiger partial charge in [-0.3, -0.25) is 9.59 Å². The van der Waals surface area contributed by atoms with Crippen LogP contribution in [0.1, 0.15) is 6.92 Å². The average Bonchev–Trinajstić information content (AvgIpc) is 3.07. The Labute approximate surface area is 134 Å². The van der Waals surface area contributed by atoms with Gasteiger partial charge in [-0.15, -0.1) is 15.1 Å². The number of esters is 1. The number of carbonyl (C=O) groups is 3. The van der Waals surface area contributed by atoms with Gasteiger partial charge < -0.3 is 4.74 Å². The highest BCUT2D eigenvalue weighted by Crippen LogP contribution is 2.35. The second kappa shape index (κ2) is 5.80. The normalized spacial score (nSPS) is 22.5. The van der Waals surface area contributed by atoms with Gasteiger partial charge in [-0.05, 0) is 31.2 Å². The minimum absolute atomic E-state index is 0.0353. The molecule has 1 aromatic rings. The van der Waals surface area contributed by atoms with E-state index >= 15 is 0 Å². The molecule has 0 radical (unpaired) electrons. The van der Waals surface area contributed by atoms with Crippen LogP contribution in [-0.4, -0.2) is 41.3 Å². The first kappa shape index (κ1) is 15.7. The van der Waals surface area contributed by atoms with Crippen LogP contribution in [0.25, 0.3) is 0 Å². The third-order valence-corrected chi connectivity index (χ3v) is 3.68. The molecule has 1 saturated heterocycles. The number of ether oxygens (including phenoxy) is 1.